The molecule has 1 aliphatic heterocycles. The van der Waals surface area contributed by atoms with Gasteiger partial charge in [-0.2, -0.15) is 0 Å². The Morgan fingerprint density at radius 2 is 1.79 bits per heavy atom. The number of aromatic nitrogens is 1. The van der Waals surface area contributed by atoms with Crippen LogP contribution in [0, 0.1) is 0 Å². The number of carbonyl (C=O) groups excluding carboxylic acids is 2. The van der Waals surface area contributed by atoms with E-state index in [1.807, 2.05) is 30.3 Å². The normalized spacial score (nSPS) is 17.3. The number of fused-ring (bicyclic) bond motifs is 1. The zero-order valence-corrected chi connectivity index (χ0v) is 22.2. The topological polar surface area (TPSA) is 139 Å². The summed E-state index contributed by atoms with van der Waals surface area (Å²) in [7, 11) is 0. The minimum atomic E-state index is -1.17. The molecule has 2 aromatic carbocycles. The minimum Gasteiger partial charge on any atom is -0.488 e. The average molecular weight is 533 g/mol. The highest BCUT2D eigenvalue weighted by molar-refractivity contribution is 6.36. The molecule has 0 aliphatic carbocycles. The smallest absolute Gasteiger partial charge is 0.349 e. The molecule has 0 radical (unpaired) electrons. The first-order chi connectivity index (χ1) is 18.5. The lowest BCUT2D eigenvalue weighted by Crippen LogP contribution is -2.55. The molecule has 0 saturated heterocycles. The van der Waals surface area contributed by atoms with Gasteiger partial charge in [-0.15, -0.1) is 0 Å². The molecule has 10 heteroatoms. The van der Waals surface area contributed by atoms with Gasteiger partial charge in [0.15, 0.2) is 0 Å². The molecular formula is C29H32N4O6. The van der Waals surface area contributed by atoms with Crippen LogP contribution in [0.3, 0.4) is 0 Å². The first-order valence-corrected chi connectivity index (χ1v) is 12.7. The summed E-state index contributed by atoms with van der Waals surface area (Å²) in [5.74, 6) is -1.34. The van der Waals surface area contributed by atoms with Crippen molar-refractivity contribution in [3.63, 3.8) is 0 Å². The van der Waals surface area contributed by atoms with Crippen LogP contribution >= 0.6 is 0 Å². The lowest BCUT2D eigenvalue weighted by Gasteiger charge is -2.36. The van der Waals surface area contributed by atoms with Crippen molar-refractivity contribution in [1.29, 1.82) is 0 Å². The fourth-order valence-electron chi connectivity index (χ4n) is 4.29. The molecule has 204 valence electrons. The van der Waals surface area contributed by atoms with Gasteiger partial charge in [0.05, 0.1) is 23.1 Å². The van der Waals surface area contributed by atoms with E-state index in [1.54, 1.807) is 51.2 Å². The maximum atomic E-state index is 13.2. The third-order valence-corrected chi connectivity index (χ3v) is 6.21. The van der Waals surface area contributed by atoms with Crippen molar-refractivity contribution in [2.45, 2.75) is 57.8 Å². The van der Waals surface area contributed by atoms with E-state index in [4.69, 9.17) is 9.57 Å². The van der Waals surface area contributed by atoms with Crippen LogP contribution in [0.1, 0.15) is 56.0 Å². The second kappa shape index (κ2) is 11.6. The largest absolute Gasteiger partial charge is 0.488 e. The molecule has 0 fully saturated rings. The number of para-hydroxylation sites is 1. The van der Waals surface area contributed by atoms with Gasteiger partial charge in [0.2, 0.25) is 5.91 Å². The van der Waals surface area contributed by atoms with Crippen molar-refractivity contribution >= 4 is 34.4 Å². The first-order valence-electron chi connectivity index (χ1n) is 12.7. The molecular weight excluding hydrogens is 500 g/mol. The fraction of sp³-hybridized carbons (Fsp3) is 0.345. The van der Waals surface area contributed by atoms with Crippen LogP contribution in [0.4, 0.5) is 0 Å². The van der Waals surface area contributed by atoms with Gasteiger partial charge in [-0.05, 0) is 63.1 Å². The summed E-state index contributed by atoms with van der Waals surface area (Å²) in [5, 5.41) is 13.3. The molecule has 4 rings (SSSR count). The number of ether oxygens (including phenoxy) is 1. The molecule has 1 aromatic heterocycles. The summed E-state index contributed by atoms with van der Waals surface area (Å²) in [6, 6.07) is 16.4. The van der Waals surface area contributed by atoms with E-state index in [0.717, 1.165) is 16.5 Å². The van der Waals surface area contributed by atoms with E-state index < -0.39 is 28.9 Å². The summed E-state index contributed by atoms with van der Waals surface area (Å²) in [6.45, 7) is 5.83. The van der Waals surface area contributed by atoms with Crippen molar-refractivity contribution in [3.05, 3.63) is 71.9 Å². The maximum absolute atomic E-state index is 13.2. The van der Waals surface area contributed by atoms with Gasteiger partial charge in [0, 0.05) is 30.1 Å². The van der Waals surface area contributed by atoms with Gasteiger partial charge >= 0.3 is 5.97 Å². The molecule has 0 spiro atoms. The Morgan fingerprint density at radius 1 is 1.05 bits per heavy atom. The molecule has 2 amide bonds. The number of aliphatic imine (C=N–C) groups is 1. The van der Waals surface area contributed by atoms with Crippen molar-refractivity contribution in [3.8, 4) is 5.75 Å². The first kappa shape index (κ1) is 27.7. The van der Waals surface area contributed by atoms with E-state index >= 15 is 0 Å². The molecule has 2 heterocycles. The molecule has 39 heavy (non-hydrogen) atoms. The minimum absolute atomic E-state index is 0.0805. The van der Waals surface area contributed by atoms with Crippen molar-refractivity contribution in [2.75, 3.05) is 6.54 Å². The molecule has 10 nitrogen and oxygen atoms in total. The van der Waals surface area contributed by atoms with Crippen LogP contribution in [0.25, 0.3) is 10.9 Å². The molecule has 0 saturated carbocycles. The maximum Gasteiger partial charge on any atom is 0.349 e. The van der Waals surface area contributed by atoms with Crippen LogP contribution in [0.15, 0.2) is 65.8 Å². The molecule has 3 aromatic rings. The highest BCUT2D eigenvalue weighted by atomic mass is 16.7. The van der Waals surface area contributed by atoms with E-state index in [0.29, 0.717) is 24.3 Å². The number of pyridine rings is 1. The highest BCUT2D eigenvalue weighted by Gasteiger charge is 2.40. The van der Waals surface area contributed by atoms with E-state index in [-0.39, 0.29) is 25.1 Å². The van der Waals surface area contributed by atoms with Crippen LogP contribution < -0.4 is 15.5 Å². The van der Waals surface area contributed by atoms with Gasteiger partial charge in [0.1, 0.15) is 18.1 Å². The number of benzene rings is 2. The molecule has 1 unspecified atom stereocenters. The summed E-state index contributed by atoms with van der Waals surface area (Å²) < 4.78 is 6.00. The van der Waals surface area contributed by atoms with E-state index in [2.05, 4.69) is 20.8 Å². The summed E-state index contributed by atoms with van der Waals surface area (Å²) in [4.78, 5) is 51.3. The van der Waals surface area contributed by atoms with Gasteiger partial charge in [-0.25, -0.2) is 10.3 Å². The number of nitrogens with one attached hydrogen (secondary N) is 2. The Bertz CT molecular complexity index is 1390. The van der Waals surface area contributed by atoms with E-state index in [1.165, 1.54) is 0 Å². The van der Waals surface area contributed by atoms with Gasteiger partial charge < -0.3 is 15.2 Å². The summed E-state index contributed by atoms with van der Waals surface area (Å²) >= 11 is 0. The van der Waals surface area contributed by atoms with Crippen molar-refractivity contribution < 1.29 is 29.1 Å². The molecule has 0 bridgehead atoms. The van der Waals surface area contributed by atoms with Crippen LogP contribution in [-0.4, -0.2) is 51.3 Å². The molecule has 3 N–H and O–H groups in total. The Kier molecular flexibility index (Phi) is 8.25. The predicted molar refractivity (Wildman–Crippen MR) is 145 cm³/mol. The summed E-state index contributed by atoms with van der Waals surface area (Å²) in [5.41, 5.74) is 2.66. The van der Waals surface area contributed by atoms with Gasteiger partial charge in [0.25, 0.3) is 5.91 Å². The average Bonchev–Trinajstić information content (AvgIpc) is 2.90. The number of hydrogen-bond donors (Lipinski definition) is 3. The van der Waals surface area contributed by atoms with Gasteiger partial charge in [-0.3, -0.25) is 24.4 Å². The summed E-state index contributed by atoms with van der Waals surface area (Å²) in [6.07, 6.45) is 1.77. The number of rotatable bonds is 9. The quantitative estimate of drug-likeness (QED) is 0.356. The predicted octanol–water partition coefficient (Wildman–Crippen LogP) is 3.84. The SMILES string of the molecule is CC(C)(C)ONC(=O)CC1(NC(=O)c2ccc(COc3ccnc4ccccc34)cc2)CCN=C(C(=O)O)C1. The zero-order chi connectivity index (χ0) is 28.0. The lowest BCUT2D eigenvalue weighted by atomic mass is 9.82. The van der Waals surface area contributed by atoms with Crippen LogP contribution in [0.5, 0.6) is 5.75 Å². The van der Waals surface area contributed by atoms with Gasteiger partial charge in [-0.1, -0.05) is 24.3 Å². The number of carbonyl (C=O) groups is 3. The number of hydrogen-bond acceptors (Lipinski definition) is 7. The number of nitrogens with zero attached hydrogens (tertiary/aromatic N) is 2. The molecule has 1 aliphatic rings. The second-order valence-corrected chi connectivity index (χ2v) is 10.5. The lowest BCUT2D eigenvalue weighted by molar-refractivity contribution is -0.147. The fourth-order valence-corrected chi connectivity index (χ4v) is 4.29. The highest BCUT2D eigenvalue weighted by Crippen LogP contribution is 2.27. The van der Waals surface area contributed by atoms with Crippen LogP contribution in [0.2, 0.25) is 0 Å². The zero-order valence-electron chi connectivity index (χ0n) is 22.2. The number of carboxylic acid groups (broad SMARTS) is 1. The number of aliphatic carboxylic acids is 1. The standard InChI is InChI=1S/C29H32N4O6/c1-28(2,3)39-33-25(34)17-29(13-15-31-23(16-29)27(36)37)32-26(35)20-10-8-19(9-11-20)18-38-24-12-14-30-22-7-5-4-6-21(22)24/h4-12,14H,13,15-18H2,1-3H3,(H,32,35)(H,33,34)(H,36,37). The number of amides is 2. The van der Waals surface area contributed by atoms with E-state index in [9.17, 15) is 19.5 Å². The third-order valence-electron chi connectivity index (χ3n) is 6.21. The Hall–Kier alpha value is -4.31. The van der Waals surface area contributed by atoms with Crippen molar-refractivity contribution in [1.82, 2.24) is 15.8 Å². The number of hydroxylamine groups is 1. The van der Waals surface area contributed by atoms with Crippen LogP contribution in [-0.2, 0) is 21.0 Å². The monoisotopic (exact) mass is 532 g/mol. The Labute approximate surface area is 226 Å². The second-order valence-electron chi connectivity index (χ2n) is 10.5. The number of carboxylic acids is 1. The van der Waals surface area contributed by atoms with Crippen molar-refractivity contribution in [2.24, 2.45) is 4.99 Å². The Balaban J connectivity index is 1.44. The Morgan fingerprint density at radius 3 is 2.51 bits per heavy atom. The molecule has 1 atom stereocenters. The third kappa shape index (κ3) is 7.38.